The minimum Gasteiger partial charge on any atom is -0.361 e. The Bertz CT molecular complexity index is 1150. The molecule has 4 heterocycles. The van der Waals surface area contributed by atoms with Gasteiger partial charge in [-0.2, -0.15) is 4.98 Å². The zero-order valence-corrected chi connectivity index (χ0v) is 18.4. The van der Waals surface area contributed by atoms with E-state index in [4.69, 9.17) is 9.05 Å². The van der Waals surface area contributed by atoms with Crippen LogP contribution in [0.4, 0.5) is 0 Å². The molecule has 2 amide bonds. The number of hydrogen-bond acceptors (Lipinski definition) is 7. The Morgan fingerprint density at radius 2 is 1.75 bits per heavy atom. The van der Waals surface area contributed by atoms with Gasteiger partial charge in [-0.3, -0.25) is 9.59 Å². The van der Waals surface area contributed by atoms with Gasteiger partial charge in [0.2, 0.25) is 11.8 Å². The van der Waals surface area contributed by atoms with Crippen LogP contribution < -0.4 is 0 Å². The molecule has 0 spiro atoms. The first-order valence-corrected chi connectivity index (χ1v) is 10.7. The van der Waals surface area contributed by atoms with Crippen molar-refractivity contribution in [2.45, 2.75) is 32.6 Å². The molecule has 0 unspecified atom stereocenters. The average molecular weight is 435 g/mol. The maximum Gasteiger partial charge on any atom is 0.253 e. The molecule has 0 N–H and O–H groups in total. The van der Waals surface area contributed by atoms with E-state index in [1.807, 2.05) is 54.0 Å². The zero-order valence-electron chi connectivity index (χ0n) is 18.4. The minimum absolute atomic E-state index is 0.00495. The highest BCUT2D eigenvalue weighted by Gasteiger charge is 2.58. The van der Waals surface area contributed by atoms with Crippen molar-refractivity contribution in [1.29, 1.82) is 0 Å². The third kappa shape index (κ3) is 3.28. The first-order valence-electron chi connectivity index (χ1n) is 10.7. The molecule has 9 nitrogen and oxygen atoms in total. The van der Waals surface area contributed by atoms with Gasteiger partial charge in [0, 0.05) is 43.2 Å². The number of hydrogen-bond donors (Lipinski definition) is 0. The summed E-state index contributed by atoms with van der Waals surface area (Å²) >= 11 is 0. The number of rotatable bonds is 4. The standard InChI is InChI=1S/C23H25N5O4/c1-14-19(15(2)31-25-14)9-20(29)27-10-18-11-28(21(30)17-7-5-4-6-8-17)13-23(18,12-27)22-24-16(3)26-32-22/h4-8,18H,9-13H2,1-3H3/t18-,23-/m0/s1. The van der Waals surface area contributed by atoms with Crippen LogP contribution in [0, 0.1) is 26.7 Å². The zero-order chi connectivity index (χ0) is 22.5. The summed E-state index contributed by atoms with van der Waals surface area (Å²) < 4.78 is 10.8. The minimum atomic E-state index is -0.569. The Hall–Kier alpha value is -3.49. The molecule has 2 atom stereocenters. The second-order valence-corrected chi connectivity index (χ2v) is 8.81. The molecule has 5 rings (SSSR count). The van der Waals surface area contributed by atoms with Crippen molar-refractivity contribution in [2.75, 3.05) is 26.2 Å². The molecule has 2 aliphatic rings. The monoisotopic (exact) mass is 435 g/mol. The van der Waals surface area contributed by atoms with E-state index in [-0.39, 0.29) is 24.2 Å². The molecule has 0 bridgehead atoms. The smallest absolute Gasteiger partial charge is 0.253 e. The molecule has 2 saturated heterocycles. The number of fused-ring (bicyclic) bond motifs is 1. The second-order valence-electron chi connectivity index (χ2n) is 8.81. The summed E-state index contributed by atoms with van der Waals surface area (Å²) in [5, 5.41) is 7.94. The van der Waals surface area contributed by atoms with Crippen LogP contribution in [0.3, 0.4) is 0 Å². The quantitative estimate of drug-likeness (QED) is 0.618. The van der Waals surface area contributed by atoms with E-state index in [9.17, 15) is 9.59 Å². The fourth-order valence-corrected chi connectivity index (χ4v) is 4.99. The molecule has 2 aromatic heterocycles. The maximum absolute atomic E-state index is 13.2. The highest BCUT2D eigenvalue weighted by atomic mass is 16.5. The molecule has 0 radical (unpaired) electrons. The summed E-state index contributed by atoms with van der Waals surface area (Å²) in [6.45, 7) is 7.36. The fourth-order valence-electron chi connectivity index (χ4n) is 4.99. The Balaban J connectivity index is 1.41. The third-order valence-corrected chi connectivity index (χ3v) is 6.73. The van der Waals surface area contributed by atoms with Crippen LogP contribution in [-0.2, 0) is 16.6 Å². The van der Waals surface area contributed by atoms with Crippen LogP contribution in [0.5, 0.6) is 0 Å². The number of carbonyl (C=O) groups is 2. The highest BCUT2D eigenvalue weighted by molar-refractivity contribution is 5.94. The number of carbonyl (C=O) groups excluding carboxylic acids is 2. The molecule has 3 aromatic rings. The number of nitrogens with zero attached hydrogens (tertiary/aromatic N) is 5. The molecule has 2 aliphatic heterocycles. The van der Waals surface area contributed by atoms with Gasteiger partial charge < -0.3 is 18.8 Å². The predicted molar refractivity (Wildman–Crippen MR) is 113 cm³/mol. The predicted octanol–water partition coefficient (Wildman–Crippen LogP) is 2.08. The van der Waals surface area contributed by atoms with Crippen molar-refractivity contribution in [3.05, 3.63) is 64.6 Å². The van der Waals surface area contributed by atoms with Gasteiger partial charge in [0.1, 0.15) is 5.76 Å². The van der Waals surface area contributed by atoms with Gasteiger partial charge >= 0.3 is 0 Å². The number of amides is 2. The van der Waals surface area contributed by atoms with E-state index in [1.54, 1.807) is 6.92 Å². The molecule has 0 aliphatic carbocycles. The highest BCUT2D eigenvalue weighted by Crippen LogP contribution is 2.45. The molecular weight excluding hydrogens is 410 g/mol. The number of aryl methyl sites for hydroxylation is 3. The van der Waals surface area contributed by atoms with Gasteiger partial charge in [-0.05, 0) is 32.9 Å². The molecule has 1 aromatic carbocycles. The van der Waals surface area contributed by atoms with Crippen molar-refractivity contribution in [3.8, 4) is 0 Å². The Kier molecular flexibility index (Phi) is 4.83. The van der Waals surface area contributed by atoms with Gasteiger partial charge in [0.15, 0.2) is 5.82 Å². The SMILES string of the molecule is Cc1noc([C@]23CN(C(=O)Cc4c(C)noc4C)C[C@H]2CN(C(=O)c2ccccc2)C3)n1. The summed E-state index contributed by atoms with van der Waals surface area (Å²) in [6, 6.07) is 9.24. The van der Waals surface area contributed by atoms with Gasteiger partial charge in [-0.25, -0.2) is 0 Å². The molecule has 166 valence electrons. The molecular formula is C23H25N5O4. The van der Waals surface area contributed by atoms with Crippen LogP contribution in [0.1, 0.15) is 39.1 Å². The van der Waals surface area contributed by atoms with Crippen molar-refractivity contribution < 1.29 is 18.6 Å². The number of benzene rings is 1. The first kappa shape index (κ1) is 20.4. The lowest BCUT2D eigenvalue weighted by Crippen LogP contribution is -2.41. The molecule has 2 fully saturated rings. The summed E-state index contributed by atoms with van der Waals surface area (Å²) in [4.78, 5) is 34.5. The largest absolute Gasteiger partial charge is 0.361 e. The first-order chi connectivity index (χ1) is 15.4. The van der Waals surface area contributed by atoms with E-state index < -0.39 is 5.41 Å². The summed E-state index contributed by atoms with van der Waals surface area (Å²) in [6.07, 6.45) is 0.236. The van der Waals surface area contributed by atoms with Crippen LogP contribution in [0.15, 0.2) is 39.4 Å². The van der Waals surface area contributed by atoms with E-state index in [1.165, 1.54) is 0 Å². The topological polar surface area (TPSA) is 106 Å². The summed E-state index contributed by atoms with van der Waals surface area (Å²) in [7, 11) is 0. The second kappa shape index (κ2) is 7.58. The fraction of sp³-hybridized carbons (Fsp3) is 0.435. The van der Waals surface area contributed by atoms with Gasteiger partial charge in [-0.1, -0.05) is 28.5 Å². The van der Waals surface area contributed by atoms with E-state index in [0.29, 0.717) is 49.2 Å². The Morgan fingerprint density at radius 3 is 2.41 bits per heavy atom. The Labute approximate surface area is 185 Å². The van der Waals surface area contributed by atoms with Crippen LogP contribution in [0.2, 0.25) is 0 Å². The third-order valence-electron chi connectivity index (χ3n) is 6.73. The summed E-state index contributed by atoms with van der Waals surface area (Å²) in [5.41, 5.74) is 1.64. The maximum atomic E-state index is 13.2. The van der Waals surface area contributed by atoms with Gasteiger partial charge in [0.05, 0.1) is 17.5 Å². The lowest BCUT2D eigenvalue weighted by atomic mass is 9.81. The van der Waals surface area contributed by atoms with Crippen LogP contribution in [0.25, 0.3) is 0 Å². The van der Waals surface area contributed by atoms with Gasteiger partial charge in [0.25, 0.3) is 5.91 Å². The summed E-state index contributed by atoms with van der Waals surface area (Å²) in [5.74, 6) is 1.70. The lowest BCUT2D eigenvalue weighted by Gasteiger charge is -2.26. The lowest BCUT2D eigenvalue weighted by molar-refractivity contribution is -0.129. The average Bonchev–Trinajstić information content (AvgIpc) is 3.53. The van der Waals surface area contributed by atoms with Gasteiger partial charge in [-0.15, -0.1) is 0 Å². The molecule has 9 heteroatoms. The number of aromatic nitrogens is 3. The van der Waals surface area contributed by atoms with Crippen molar-refractivity contribution in [2.24, 2.45) is 5.92 Å². The Morgan fingerprint density at radius 1 is 1.03 bits per heavy atom. The van der Waals surface area contributed by atoms with E-state index in [2.05, 4.69) is 15.3 Å². The van der Waals surface area contributed by atoms with Crippen LogP contribution >= 0.6 is 0 Å². The van der Waals surface area contributed by atoms with Crippen molar-refractivity contribution >= 4 is 11.8 Å². The normalized spacial score (nSPS) is 22.4. The molecule has 32 heavy (non-hydrogen) atoms. The molecule has 0 saturated carbocycles. The van der Waals surface area contributed by atoms with Crippen molar-refractivity contribution in [3.63, 3.8) is 0 Å². The number of likely N-dealkylation sites (tertiary alicyclic amines) is 2. The van der Waals surface area contributed by atoms with E-state index >= 15 is 0 Å². The van der Waals surface area contributed by atoms with Crippen molar-refractivity contribution in [1.82, 2.24) is 25.1 Å². The van der Waals surface area contributed by atoms with E-state index in [0.717, 1.165) is 11.3 Å². The van der Waals surface area contributed by atoms with Crippen LogP contribution in [-0.4, -0.2) is 63.1 Å².